The molecule has 7 nitrogen and oxygen atoms in total. The van der Waals surface area contributed by atoms with Gasteiger partial charge in [0.15, 0.2) is 23.0 Å². The minimum Gasteiger partial charge on any atom is -0.490 e. The smallest absolute Gasteiger partial charge is 0.294 e. The summed E-state index contributed by atoms with van der Waals surface area (Å²) < 4.78 is 18.0. The predicted octanol–water partition coefficient (Wildman–Crippen LogP) is 5.37. The minimum atomic E-state index is -0.377. The van der Waals surface area contributed by atoms with E-state index < -0.39 is 0 Å². The summed E-state index contributed by atoms with van der Waals surface area (Å²) in [6, 6.07) is 20.5. The molecule has 0 spiro atoms. The van der Waals surface area contributed by atoms with E-state index in [1.54, 1.807) is 18.2 Å². The molecule has 2 amide bonds. The van der Waals surface area contributed by atoms with Gasteiger partial charge in [0.05, 0.1) is 18.9 Å². The number of para-hydroxylation sites is 2. The molecule has 3 aromatic carbocycles. The summed E-state index contributed by atoms with van der Waals surface area (Å²) in [5.74, 6) is 1.42. The molecule has 0 saturated carbocycles. The van der Waals surface area contributed by atoms with Crippen LogP contribution in [0.25, 0.3) is 6.08 Å². The topological polar surface area (TPSA) is 77.1 Å². The zero-order chi connectivity index (χ0) is 26.2. The number of anilines is 1. The Balaban J connectivity index is 1.44. The van der Waals surface area contributed by atoms with Crippen LogP contribution < -0.4 is 24.4 Å². The SMILES string of the molecule is CCOc1ccc(CCNC(=O)CN2C(=O)C(=Cc3ccccc3Br)Oc3ccccc32)cc1OCC. The van der Waals surface area contributed by atoms with Crippen molar-refractivity contribution >= 4 is 39.5 Å². The second kappa shape index (κ2) is 12.5. The molecule has 1 heterocycles. The summed E-state index contributed by atoms with van der Waals surface area (Å²) >= 11 is 3.50. The van der Waals surface area contributed by atoms with Crippen molar-refractivity contribution in [3.63, 3.8) is 0 Å². The summed E-state index contributed by atoms with van der Waals surface area (Å²) in [4.78, 5) is 27.6. The van der Waals surface area contributed by atoms with Gasteiger partial charge in [0.1, 0.15) is 6.54 Å². The first-order valence-corrected chi connectivity index (χ1v) is 13.0. The molecular formula is C29H29BrN2O5. The number of halogens is 1. The van der Waals surface area contributed by atoms with Gasteiger partial charge in [-0.25, -0.2) is 0 Å². The molecule has 0 aromatic heterocycles. The van der Waals surface area contributed by atoms with Gasteiger partial charge in [0.25, 0.3) is 5.91 Å². The third kappa shape index (κ3) is 6.51. The van der Waals surface area contributed by atoms with Gasteiger partial charge < -0.3 is 19.5 Å². The van der Waals surface area contributed by atoms with E-state index in [0.717, 1.165) is 15.6 Å². The number of rotatable bonds is 10. The molecule has 1 aliphatic heterocycles. The normalized spacial score (nSPS) is 13.6. The van der Waals surface area contributed by atoms with Crippen LogP contribution in [0.3, 0.4) is 0 Å². The lowest BCUT2D eigenvalue weighted by Crippen LogP contribution is -2.44. The van der Waals surface area contributed by atoms with Crippen molar-refractivity contribution in [2.75, 3.05) is 31.2 Å². The highest BCUT2D eigenvalue weighted by molar-refractivity contribution is 9.10. The fourth-order valence-corrected chi connectivity index (χ4v) is 4.35. The summed E-state index contributed by atoms with van der Waals surface area (Å²) in [5.41, 5.74) is 2.37. The monoisotopic (exact) mass is 564 g/mol. The number of benzene rings is 3. The lowest BCUT2D eigenvalue weighted by Gasteiger charge is -2.30. The van der Waals surface area contributed by atoms with Gasteiger partial charge in [-0.1, -0.05) is 52.3 Å². The van der Waals surface area contributed by atoms with E-state index in [1.165, 1.54) is 4.90 Å². The van der Waals surface area contributed by atoms with Crippen LogP contribution in [-0.2, 0) is 16.0 Å². The second-order valence-corrected chi connectivity index (χ2v) is 9.09. The molecule has 0 bridgehead atoms. The Bertz CT molecular complexity index is 1310. The zero-order valence-corrected chi connectivity index (χ0v) is 22.4. The largest absolute Gasteiger partial charge is 0.490 e. The summed E-state index contributed by atoms with van der Waals surface area (Å²) in [6.07, 6.45) is 2.29. The molecule has 1 N–H and O–H groups in total. The maximum atomic E-state index is 13.3. The molecular weight excluding hydrogens is 536 g/mol. The zero-order valence-electron chi connectivity index (χ0n) is 20.8. The lowest BCUT2D eigenvalue weighted by atomic mass is 10.1. The van der Waals surface area contributed by atoms with Gasteiger partial charge in [0, 0.05) is 11.0 Å². The number of hydrogen-bond donors (Lipinski definition) is 1. The van der Waals surface area contributed by atoms with Gasteiger partial charge in [-0.15, -0.1) is 0 Å². The molecule has 0 aliphatic carbocycles. The average molecular weight is 565 g/mol. The molecule has 0 fully saturated rings. The Morgan fingerprint density at radius 3 is 2.51 bits per heavy atom. The molecule has 37 heavy (non-hydrogen) atoms. The number of amides is 2. The van der Waals surface area contributed by atoms with Crippen LogP contribution in [-0.4, -0.2) is 38.1 Å². The molecule has 0 atom stereocenters. The number of nitrogens with one attached hydrogen (secondary N) is 1. The number of carbonyl (C=O) groups excluding carboxylic acids is 2. The van der Waals surface area contributed by atoms with Gasteiger partial charge in [-0.3, -0.25) is 14.5 Å². The number of fused-ring (bicyclic) bond motifs is 1. The molecule has 8 heteroatoms. The number of nitrogens with zero attached hydrogens (tertiary/aromatic N) is 1. The van der Waals surface area contributed by atoms with Crippen LogP contribution in [0.1, 0.15) is 25.0 Å². The van der Waals surface area contributed by atoms with Crippen molar-refractivity contribution in [3.8, 4) is 17.2 Å². The van der Waals surface area contributed by atoms with E-state index in [2.05, 4.69) is 21.2 Å². The molecule has 0 radical (unpaired) electrons. The van der Waals surface area contributed by atoms with Gasteiger partial charge >= 0.3 is 0 Å². The summed E-state index contributed by atoms with van der Waals surface area (Å²) in [7, 11) is 0. The van der Waals surface area contributed by atoms with Crippen LogP contribution in [0.15, 0.2) is 77.0 Å². The van der Waals surface area contributed by atoms with Crippen molar-refractivity contribution in [2.24, 2.45) is 0 Å². The third-order valence-corrected chi connectivity index (χ3v) is 6.39. The molecule has 192 valence electrons. The summed E-state index contributed by atoms with van der Waals surface area (Å²) in [5, 5.41) is 2.92. The average Bonchev–Trinajstić information content (AvgIpc) is 2.89. The quantitative estimate of drug-likeness (QED) is 0.335. The van der Waals surface area contributed by atoms with E-state index in [-0.39, 0.29) is 24.1 Å². The number of carbonyl (C=O) groups is 2. The Hall–Kier alpha value is -3.78. The van der Waals surface area contributed by atoms with Gasteiger partial charge in [-0.05, 0) is 67.8 Å². The maximum absolute atomic E-state index is 13.3. The van der Waals surface area contributed by atoms with Gasteiger partial charge in [-0.2, -0.15) is 0 Å². The van der Waals surface area contributed by atoms with Crippen LogP contribution in [0, 0.1) is 0 Å². The van der Waals surface area contributed by atoms with Crippen molar-refractivity contribution in [2.45, 2.75) is 20.3 Å². The first kappa shape index (κ1) is 26.3. The molecule has 0 saturated heterocycles. The van der Waals surface area contributed by atoms with Gasteiger partial charge in [0.2, 0.25) is 5.91 Å². The Morgan fingerprint density at radius 1 is 1.00 bits per heavy atom. The highest BCUT2D eigenvalue weighted by atomic mass is 79.9. The van der Waals surface area contributed by atoms with Crippen molar-refractivity contribution in [1.82, 2.24) is 5.32 Å². The van der Waals surface area contributed by atoms with Crippen molar-refractivity contribution in [3.05, 3.63) is 88.1 Å². The second-order valence-electron chi connectivity index (χ2n) is 8.24. The van der Waals surface area contributed by atoms with E-state index in [0.29, 0.717) is 49.1 Å². The molecule has 3 aromatic rings. The Kier molecular flexibility index (Phi) is 8.85. The van der Waals surface area contributed by atoms with E-state index in [9.17, 15) is 9.59 Å². The van der Waals surface area contributed by atoms with Crippen LogP contribution in [0.4, 0.5) is 5.69 Å². The Labute approximate surface area is 225 Å². The van der Waals surface area contributed by atoms with Crippen molar-refractivity contribution in [1.29, 1.82) is 0 Å². The molecule has 0 unspecified atom stereocenters. The fourth-order valence-electron chi connectivity index (χ4n) is 3.95. The number of hydrogen-bond acceptors (Lipinski definition) is 5. The first-order chi connectivity index (χ1) is 18.0. The van der Waals surface area contributed by atoms with Crippen LogP contribution in [0.2, 0.25) is 0 Å². The summed E-state index contributed by atoms with van der Waals surface area (Å²) in [6.45, 7) is 5.23. The number of ether oxygens (including phenoxy) is 3. The lowest BCUT2D eigenvalue weighted by molar-refractivity contribution is -0.123. The van der Waals surface area contributed by atoms with Crippen molar-refractivity contribution < 1.29 is 23.8 Å². The van der Waals surface area contributed by atoms with Crippen LogP contribution >= 0.6 is 15.9 Å². The fraction of sp³-hybridized carbons (Fsp3) is 0.241. The minimum absolute atomic E-state index is 0.125. The highest BCUT2D eigenvalue weighted by Crippen LogP contribution is 2.36. The highest BCUT2D eigenvalue weighted by Gasteiger charge is 2.31. The standard InChI is InChI=1S/C29H29BrN2O5/c1-3-35-25-14-13-20(17-26(25)36-4-2)15-16-31-28(33)19-32-23-11-7-8-12-24(23)37-27(29(32)34)18-21-9-5-6-10-22(21)30/h5-14,17-18H,3-4,15-16,19H2,1-2H3,(H,31,33). The van der Waals surface area contributed by atoms with E-state index in [1.807, 2.05) is 68.4 Å². The van der Waals surface area contributed by atoms with E-state index in [4.69, 9.17) is 14.2 Å². The maximum Gasteiger partial charge on any atom is 0.294 e. The first-order valence-electron chi connectivity index (χ1n) is 12.2. The Morgan fingerprint density at radius 2 is 1.73 bits per heavy atom. The third-order valence-electron chi connectivity index (χ3n) is 5.67. The predicted molar refractivity (Wildman–Crippen MR) is 147 cm³/mol. The molecule has 1 aliphatic rings. The molecule has 4 rings (SSSR count). The van der Waals surface area contributed by atoms with Crippen LogP contribution in [0.5, 0.6) is 17.2 Å². The van der Waals surface area contributed by atoms with E-state index >= 15 is 0 Å².